The molecule has 8 heteroatoms. The van der Waals surface area contributed by atoms with Crippen molar-refractivity contribution in [1.29, 1.82) is 0 Å². The molecule has 0 saturated heterocycles. The third kappa shape index (κ3) is 3.97. The predicted octanol–water partition coefficient (Wildman–Crippen LogP) is 2.02. The highest BCUT2D eigenvalue weighted by molar-refractivity contribution is 5.93. The molecule has 4 N–H and O–H groups in total. The number of rotatable bonds is 6. The van der Waals surface area contributed by atoms with Crippen LogP contribution in [0.15, 0.2) is 42.6 Å². The van der Waals surface area contributed by atoms with Crippen LogP contribution < -0.4 is 15.8 Å². The molecule has 1 heterocycles. The number of aliphatic hydroxyl groups excluding tert-OH is 1. The zero-order valence-electron chi connectivity index (χ0n) is 13.8. The van der Waals surface area contributed by atoms with Crippen molar-refractivity contribution in [3.8, 4) is 11.5 Å². The third-order valence-corrected chi connectivity index (χ3v) is 4.22. The number of carbonyl (C=O) groups is 2. The van der Waals surface area contributed by atoms with E-state index in [1.807, 2.05) is 0 Å². The van der Waals surface area contributed by atoms with Crippen LogP contribution in [0.2, 0.25) is 0 Å². The number of aliphatic hydroxyl groups is 1. The second-order valence-electron chi connectivity index (χ2n) is 6.28. The van der Waals surface area contributed by atoms with Crippen molar-refractivity contribution in [3.63, 3.8) is 0 Å². The van der Waals surface area contributed by atoms with Crippen LogP contribution in [0.25, 0.3) is 0 Å². The van der Waals surface area contributed by atoms with Crippen molar-refractivity contribution in [1.82, 2.24) is 4.98 Å². The van der Waals surface area contributed by atoms with E-state index in [0.29, 0.717) is 22.9 Å². The van der Waals surface area contributed by atoms with Gasteiger partial charge in [-0.25, -0.2) is 9.37 Å². The summed E-state index contributed by atoms with van der Waals surface area (Å²) in [5, 5.41) is 11.5. The molecule has 1 aromatic carbocycles. The molecule has 0 radical (unpaired) electrons. The van der Waals surface area contributed by atoms with Gasteiger partial charge in [0.15, 0.2) is 0 Å². The fourth-order valence-corrected chi connectivity index (χ4v) is 2.73. The number of amides is 2. The van der Waals surface area contributed by atoms with E-state index in [9.17, 15) is 14.0 Å². The first-order chi connectivity index (χ1) is 12.4. The van der Waals surface area contributed by atoms with Gasteiger partial charge in [-0.3, -0.25) is 9.59 Å². The monoisotopic (exact) mass is 359 g/mol. The first-order valence-corrected chi connectivity index (χ1v) is 8.03. The summed E-state index contributed by atoms with van der Waals surface area (Å²) in [4.78, 5) is 27.3. The van der Waals surface area contributed by atoms with Gasteiger partial charge in [0.2, 0.25) is 11.8 Å². The second-order valence-corrected chi connectivity index (χ2v) is 6.28. The predicted molar refractivity (Wildman–Crippen MR) is 91.5 cm³/mol. The van der Waals surface area contributed by atoms with E-state index in [1.165, 1.54) is 12.3 Å². The summed E-state index contributed by atoms with van der Waals surface area (Å²) >= 11 is 0. The summed E-state index contributed by atoms with van der Waals surface area (Å²) in [5.41, 5.74) is 3.90. The standard InChI is InChI=1S/C18H18FN3O4/c19-18(10-23)7-12(8-18)17(25)22-15-5-4-14(9-21-15)26-13-3-1-2-11(6-13)16(20)24/h1-6,9,12,23H,7-8,10H2,(H2,20,24)(H,21,22,25). The first-order valence-electron chi connectivity index (χ1n) is 8.03. The number of alkyl halides is 1. The zero-order chi connectivity index (χ0) is 18.7. The van der Waals surface area contributed by atoms with Crippen molar-refractivity contribution >= 4 is 17.6 Å². The fraction of sp³-hybridized carbons (Fsp3) is 0.278. The SMILES string of the molecule is NC(=O)c1cccc(Oc2ccc(NC(=O)C3CC(F)(CO)C3)nc2)c1. The normalized spacial score (nSPS) is 21.5. The Morgan fingerprint density at radius 2 is 2.08 bits per heavy atom. The van der Waals surface area contributed by atoms with Gasteiger partial charge in [-0.15, -0.1) is 0 Å². The molecular formula is C18H18FN3O4. The minimum Gasteiger partial charge on any atom is -0.456 e. The quantitative estimate of drug-likeness (QED) is 0.730. The Hall–Kier alpha value is -3.00. The maximum Gasteiger partial charge on any atom is 0.248 e. The number of primary amides is 1. The number of nitrogens with zero attached hydrogens (tertiary/aromatic N) is 1. The molecule has 0 atom stereocenters. The maximum absolute atomic E-state index is 13.6. The van der Waals surface area contributed by atoms with Gasteiger partial charge in [-0.2, -0.15) is 0 Å². The highest BCUT2D eigenvalue weighted by Gasteiger charge is 2.47. The van der Waals surface area contributed by atoms with Crippen molar-refractivity contribution in [3.05, 3.63) is 48.2 Å². The molecule has 26 heavy (non-hydrogen) atoms. The zero-order valence-corrected chi connectivity index (χ0v) is 13.8. The number of aromatic nitrogens is 1. The van der Waals surface area contributed by atoms with Gasteiger partial charge < -0.3 is 20.9 Å². The van der Waals surface area contributed by atoms with Crippen molar-refractivity contribution in [2.75, 3.05) is 11.9 Å². The fourth-order valence-electron chi connectivity index (χ4n) is 2.73. The molecule has 136 valence electrons. The van der Waals surface area contributed by atoms with Gasteiger partial charge in [0, 0.05) is 11.5 Å². The van der Waals surface area contributed by atoms with E-state index in [4.69, 9.17) is 15.6 Å². The molecule has 7 nitrogen and oxygen atoms in total. The van der Waals surface area contributed by atoms with Gasteiger partial charge in [0.25, 0.3) is 0 Å². The molecule has 1 aliphatic carbocycles. The molecule has 1 fully saturated rings. The van der Waals surface area contributed by atoms with Gasteiger partial charge in [0.05, 0.1) is 12.8 Å². The average molecular weight is 359 g/mol. The lowest BCUT2D eigenvalue weighted by Crippen LogP contribution is -2.47. The van der Waals surface area contributed by atoms with Crippen LogP contribution in [0.4, 0.5) is 10.2 Å². The summed E-state index contributed by atoms with van der Waals surface area (Å²) < 4.78 is 19.2. The van der Waals surface area contributed by atoms with Crippen LogP contribution >= 0.6 is 0 Å². The molecule has 1 saturated carbocycles. The molecule has 0 spiro atoms. The Kier molecular flexibility index (Phi) is 4.85. The van der Waals surface area contributed by atoms with Gasteiger partial charge in [-0.1, -0.05) is 6.07 Å². The number of anilines is 1. The van der Waals surface area contributed by atoms with E-state index in [1.54, 1.807) is 30.3 Å². The van der Waals surface area contributed by atoms with Crippen molar-refractivity contribution in [2.45, 2.75) is 18.5 Å². The van der Waals surface area contributed by atoms with Crippen molar-refractivity contribution in [2.24, 2.45) is 11.7 Å². The average Bonchev–Trinajstić information content (AvgIpc) is 2.60. The molecular weight excluding hydrogens is 341 g/mol. The summed E-state index contributed by atoms with van der Waals surface area (Å²) in [5.74, 6) is -0.202. The number of benzene rings is 1. The Morgan fingerprint density at radius 3 is 2.69 bits per heavy atom. The first kappa shape index (κ1) is 17.8. The maximum atomic E-state index is 13.6. The number of hydrogen-bond acceptors (Lipinski definition) is 5. The molecule has 0 unspecified atom stereocenters. The number of nitrogens with one attached hydrogen (secondary N) is 1. The summed E-state index contributed by atoms with van der Waals surface area (Å²) in [6.07, 6.45) is 1.43. The Bertz CT molecular complexity index is 819. The van der Waals surface area contributed by atoms with E-state index < -0.39 is 24.1 Å². The van der Waals surface area contributed by atoms with E-state index in [-0.39, 0.29) is 18.7 Å². The van der Waals surface area contributed by atoms with Crippen LogP contribution in [0.1, 0.15) is 23.2 Å². The lowest BCUT2D eigenvalue weighted by atomic mass is 9.72. The summed E-state index contributed by atoms with van der Waals surface area (Å²) in [6, 6.07) is 9.57. The highest BCUT2D eigenvalue weighted by Crippen LogP contribution is 2.41. The highest BCUT2D eigenvalue weighted by atomic mass is 19.1. The largest absolute Gasteiger partial charge is 0.456 e. The summed E-state index contributed by atoms with van der Waals surface area (Å²) in [7, 11) is 0. The van der Waals surface area contributed by atoms with Gasteiger partial charge in [-0.05, 0) is 43.2 Å². The number of ether oxygens (including phenoxy) is 1. The van der Waals surface area contributed by atoms with Crippen LogP contribution in [-0.2, 0) is 4.79 Å². The minimum atomic E-state index is -1.65. The van der Waals surface area contributed by atoms with Gasteiger partial charge >= 0.3 is 0 Å². The Morgan fingerprint density at radius 1 is 1.31 bits per heavy atom. The van der Waals surface area contributed by atoms with E-state index >= 15 is 0 Å². The van der Waals surface area contributed by atoms with E-state index in [0.717, 1.165) is 0 Å². The van der Waals surface area contributed by atoms with Crippen LogP contribution in [-0.4, -0.2) is 34.2 Å². The molecule has 0 aliphatic heterocycles. The Balaban J connectivity index is 1.58. The molecule has 3 rings (SSSR count). The van der Waals surface area contributed by atoms with Crippen LogP contribution in [0.3, 0.4) is 0 Å². The topological polar surface area (TPSA) is 115 Å². The summed E-state index contributed by atoms with van der Waals surface area (Å²) in [6.45, 7) is -0.571. The molecule has 2 amide bonds. The Labute approximate surface area is 149 Å². The number of pyridine rings is 1. The minimum absolute atomic E-state index is 0.00668. The van der Waals surface area contributed by atoms with Gasteiger partial charge in [0.1, 0.15) is 23.0 Å². The van der Waals surface area contributed by atoms with Crippen LogP contribution in [0.5, 0.6) is 11.5 Å². The number of hydrogen-bond donors (Lipinski definition) is 3. The number of carbonyl (C=O) groups excluding carboxylic acids is 2. The number of nitrogens with two attached hydrogens (primary N) is 1. The van der Waals surface area contributed by atoms with Crippen LogP contribution in [0, 0.1) is 5.92 Å². The lowest BCUT2D eigenvalue weighted by Gasteiger charge is -2.38. The third-order valence-electron chi connectivity index (χ3n) is 4.22. The second kappa shape index (κ2) is 7.09. The number of halogens is 1. The smallest absolute Gasteiger partial charge is 0.248 e. The lowest BCUT2D eigenvalue weighted by molar-refractivity contribution is -0.131. The molecule has 2 aromatic rings. The van der Waals surface area contributed by atoms with E-state index in [2.05, 4.69) is 10.3 Å². The molecule has 1 aliphatic rings. The molecule has 1 aromatic heterocycles. The van der Waals surface area contributed by atoms with Crippen molar-refractivity contribution < 1.29 is 23.8 Å². The molecule has 0 bridgehead atoms.